The zero-order chi connectivity index (χ0) is 26.8. The summed E-state index contributed by atoms with van der Waals surface area (Å²) in [5, 5.41) is 3.31. The van der Waals surface area contributed by atoms with Gasteiger partial charge in [-0.1, -0.05) is 31.2 Å². The normalized spacial score (nSPS) is 23.9. The SMILES string of the molecule is C=C1NC2=C(C(=O)CC(c3ccc(OC)c(OC)c3)C2)C(c2ccc(F)cc2)C1C(=O)OC1CCCCC1. The van der Waals surface area contributed by atoms with Gasteiger partial charge >= 0.3 is 5.97 Å². The van der Waals surface area contributed by atoms with Gasteiger partial charge in [0.25, 0.3) is 0 Å². The van der Waals surface area contributed by atoms with E-state index in [2.05, 4.69) is 11.9 Å². The highest BCUT2D eigenvalue weighted by Gasteiger charge is 2.46. The van der Waals surface area contributed by atoms with Gasteiger partial charge in [0, 0.05) is 29.3 Å². The maximum absolute atomic E-state index is 13.8. The van der Waals surface area contributed by atoms with Gasteiger partial charge in [-0.05, 0) is 73.4 Å². The lowest BCUT2D eigenvalue weighted by atomic mass is 9.69. The van der Waals surface area contributed by atoms with Crippen LogP contribution in [0.25, 0.3) is 0 Å². The second-order valence-corrected chi connectivity index (χ2v) is 10.4. The third-order valence-corrected chi connectivity index (χ3v) is 8.04. The van der Waals surface area contributed by atoms with E-state index in [0.717, 1.165) is 43.4 Å². The Labute approximate surface area is 222 Å². The van der Waals surface area contributed by atoms with Gasteiger partial charge in [-0.2, -0.15) is 0 Å². The molecule has 1 N–H and O–H groups in total. The molecule has 3 unspecified atom stereocenters. The predicted octanol–water partition coefficient (Wildman–Crippen LogP) is 5.94. The molecule has 0 amide bonds. The molecule has 2 aliphatic carbocycles. The van der Waals surface area contributed by atoms with Crippen molar-refractivity contribution >= 4 is 11.8 Å². The largest absolute Gasteiger partial charge is 0.493 e. The summed E-state index contributed by atoms with van der Waals surface area (Å²) in [6.45, 7) is 4.20. The van der Waals surface area contributed by atoms with Crippen molar-refractivity contribution in [1.82, 2.24) is 5.32 Å². The molecule has 3 atom stereocenters. The highest BCUT2D eigenvalue weighted by molar-refractivity contribution is 6.01. The number of ketones is 1. The number of benzene rings is 2. The Bertz CT molecular complexity index is 1260. The molecule has 0 spiro atoms. The van der Waals surface area contributed by atoms with Crippen molar-refractivity contribution in [2.45, 2.75) is 62.9 Å². The lowest BCUT2D eigenvalue weighted by Gasteiger charge is -2.40. The molecule has 0 radical (unpaired) electrons. The van der Waals surface area contributed by atoms with E-state index in [1.807, 2.05) is 18.2 Å². The Morgan fingerprint density at radius 3 is 2.32 bits per heavy atom. The molecule has 2 aromatic rings. The molecule has 0 saturated heterocycles. The number of hydrogen-bond donors (Lipinski definition) is 1. The zero-order valence-corrected chi connectivity index (χ0v) is 21.9. The summed E-state index contributed by atoms with van der Waals surface area (Å²) in [4.78, 5) is 27.4. The fraction of sp³-hybridized carbons (Fsp3) is 0.419. The monoisotopic (exact) mass is 519 g/mol. The molecule has 7 heteroatoms. The Morgan fingerprint density at radius 2 is 1.63 bits per heavy atom. The number of hydrogen-bond acceptors (Lipinski definition) is 6. The van der Waals surface area contributed by atoms with E-state index in [4.69, 9.17) is 14.2 Å². The van der Waals surface area contributed by atoms with Crippen LogP contribution in [0.3, 0.4) is 0 Å². The van der Waals surface area contributed by atoms with E-state index in [0.29, 0.717) is 34.8 Å². The summed E-state index contributed by atoms with van der Waals surface area (Å²) in [5.41, 5.74) is 3.48. The molecular weight excluding hydrogens is 485 g/mol. The molecule has 38 heavy (non-hydrogen) atoms. The van der Waals surface area contributed by atoms with Crippen LogP contribution in [0.1, 0.15) is 67.9 Å². The average Bonchev–Trinajstić information content (AvgIpc) is 2.92. The molecule has 5 rings (SSSR count). The maximum Gasteiger partial charge on any atom is 0.316 e. The second kappa shape index (κ2) is 11.0. The summed E-state index contributed by atoms with van der Waals surface area (Å²) in [5.74, 6) is -1.02. The minimum absolute atomic E-state index is 0.0455. The molecule has 0 aromatic heterocycles. The van der Waals surface area contributed by atoms with E-state index in [1.54, 1.807) is 26.4 Å². The number of allylic oxidation sites excluding steroid dienone is 2. The van der Waals surface area contributed by atoms with E-state index in [1.165, 1.54) is 12.1 Å². The molecule has 2 aromatic carbocycles. The standard InChI is InChI=1S/C31H34FNO5/c1-18-28(31(35)38-23-7-5-4-6-8-23)29(19-9-12-22(32)13-10-19)30-24(33-18)15-21(16-25(30)34)20-11-14-26(36-2)27(17-20)37-3/h9-14,17,21,23,28-29,33H,1,4-8,15-16H2,2-3H3. The second-order valence-electron chi connectivity index (χ2n) is 10.4. The van der Waals surface area contributed by atoms with Crippen LogP contribution < -0.4 is 14.8 Å². The van der Waals surface area contributed by atoms with Crippen molar-refractivity contribution < 1.29 is 28.2 Å². The molecule has 0 bridgehead atoms. The Balaban J connectivity index is 1.50. The van der Waals surface area contributed by atoms with Crippen molar-refractivity contribution in [1.29, 1.82) is 0 Å². The summed E-state index contributed by atoms with van der Waals surface area (Å²) in [6.07, 6.45) is 5.64. The van der Waals surface area contributed by atoms with Crippen LogP contribution in [0.15, 0.2) is 66.0 Å². The van der Waals surface area contributed by atoms with E-state index >= 15 is 0 Å². The highest BCUT2D eigenvalue weighted by atomic mass is 19.1. The van der Waals surface area contributed by atoms with Gasteiger partial charge in [-0.25, -0.2) is 4.39 Å². The van der Waals surface area contributed by atoms with E-state index < -0.39 is 11.8 Å². The Morgan fingerprint density at radius 1 is 0.947 bits per heavy atom. The van der Waals surface area contributed by atoms with Crippen LogP contribution >= 0.6 is 0 Å². The highest BCUT2D eigenvalue weighted by Crippen LogP contribution is 2.48. The first kappa shape index (κ1) is 26.0. The molecule has 1 saturated carbocycles. The van der Waals surface area contributed by atoms with Crippen molar-refractivity contribution in [2.75, 3.05) is 14.2 Å². The van der Waals surface area contributed by atoms with Crippen LogP contribution in [0.4, 0.5) is 4.39 Å². The van der Waals surface area contributed by atoms with E-state index in [9.17, 15) is 14.0 Å². The van der Waals surface area contributed by atoms with E-state index in [-0.39, 0.29) is 36.0 Å². The number of rotatable bonds is 6. The summed E-state index contributed by atoms with van der Waals surface area (Å²) in [7, 11) is 3.17. The fourth-order valence-corrected chi connectivity index (χ4v) is 6.12. The maximum atomic E-state index is 13.8. The lowest BCUT2D eigenvalue weighted by Crippen LogP contribution is -2.43. The quantitative estimate of drug-likeness (QED) is 0.477. The number of methoxy groups -OCH3 is 2. The van der Waals surface area contributed by atoms with Crippen LogP contribution in [0.2, 0.25) is 0 Å². The van der Waals surface area contributed by atoms with Gasteiger partial charge < -0.3 is 19.5 Å². The number of carbonyl (C=O) groups excluding carboxylic acids is 2. The first-order valence-electron chi connectivity index (χ1n) is 13.3. The van der Waals surface area contributed by atoms with Crippen molar-refractivity contribution in [3.05, 3.63) is 83.0 Å². The van der Waals surface area contributed by atoms with Crippen molar-refractivity contribution in [3.63, 3.8) is 0 Å². The third-order valence-electron chi connectivity index (χ3n) is 8.04. The summed E-state index contributed by atoms with van der Waals surface area (Å²) >= 11 is 0. The molecule has 1 fully saturated rings. The van der Waals surface area contributed by atoms with Gasteiger partial charge in [-0.3, -0.25) is 9.59 Å². The van der Waals surface area contributed by atoms with Crippen LogP contribution in [-0.4, -0.2) is 32.1 Å². The van der Waals surface area contributed by atoms with Gasteiger partial charge in [0.1, 0.15) is 17.8 Å². The molecule has 1 aliphatic heterocycles. The summed E-state index contributed by atoms with van der Waals surface area (Å²) < 4.78 is 30.6. The van der Waals surface area contributed by atoms with Gasteiger partial charge in [0.2, 0.25) is 0 Å². The fourth-order valence-electron chi connectivity index (χ4n) is 6.12. The molecule has 6 nitrogen and oxygen atoms in total. The first-order chi connectivity index (χ1) is 18.4. The van der Waals surface area contributed by atoms with Crippen molar-refractivity contribution in [2.24, 2.45) is 5.92 Å². The van der Waals surface area contributed by atoms with Crippen LogP contribution in [-0.2, 0) is 14.3 Å². The number of halogens is 1. The van der Waals surface area contributed by atoms with Gasteiger partial charge in [0.15, 0.2) is 17.3 Å². The predicted molar refractivity (Wildman–Crippen MR) is 141 cm³/mol. The third kappa shape index (κ3) is 5.06. The zero-order valence-electron chi connectivity index (χ0n) is 21.9. The average molecular weight is 520 g/mol. The minimum Gasteiger partial charge on any atom is -0.493 e. The number of esters is 1. The number of carbonyl (C=O) groups is 2. The lowest BCUT2D eigenvalue weighted by molar-refractivity contribution is -0.155. The van der Waals surface area contributed by atoms with Crippen LogP contribution in [0, 0.1) is 11.7 Å². The number of nitrogens with one attached hydrogen (secondary N) is 1. The minimum atomic E-state index is -0.775. The smallest absolute Gasteiger partial charge is 0.316 e. The molecular formula is C31H34FNO5. The van der Waals surface area contributed by atoms with Gasteiger partial charge in [0.05, 0.1) is 14.2 Å². The topological polar surface area (TPSA) is 73.9 Å². The first-order valence-corrected chi connectivity index (χ1v) is 13.3. The van der Waals surface area contributed by atoms with Crippen molar-refractivity contribution in [3.8, 4) is 11.5 Å². The molecule has 1 heterocycles. The Kier molecular flexibility index (Phi) is 7.54. The molecule has 3 aliphatic rings. The van der Waals surface area contributed by atoms with Gasteiger partial charge in [-0.15, -0.1) is 0 Å². The van der Waals surface area contributed by atoms with Crippen LogP contribution in [0.5, 0.6) is 11.5 Å². The Hall–Kier alpha value is -3.61. The number of ether oxygens (including phenoxy) is 3. The molecule has 200 valence electrons. The number of Topliss-reactive ketones (excluding diaryl/α,β-unsaturated/α-hetero) is 1. The summed E-state index contributed by atoms with van der Waals surface area (Å²) in [6, 6.07) is 11.7.